The molecule has 0 spiro atoms. The highest BCUT2D eigenvalue weighted by Gasteiger charge is 2.28. The lowest BCUT2D eigenvalue weighted by molar-refractivity contribution is -0.142. The van der Waals surface area contributed by atoms with Gasteiger partial charge in [0.1, 0.15) is 0 Å². The third-order valence-electron chi connectivity index (χ3n) is 3.42. The summed E-state index contributed by atoms with van der Waals surface area (Å²) in [6, 6.07) is 9.82. The molecule has 2 atom stereocenters. The number of hydrogen-bond acceptors (Lipinski definition) is 4. The van der Waals surface area contributed by atoms with Crippen LogP contribution in [0.2, 0.25) is 0 Å². The van der Waals surface area contributed by atoms with Crippen LogP contribution in [0, 0.1) is 5.92 Å². The minimum atomic E-state index is -3.06. The molecule has 1 aromatic carbocycles. The molecule has 1 aromatic rings. The van der Waals surface area contributed by atoms with Gasteiger partial charge in [-0.2, -0.15) is 0 Å². The smallest absolute Gasteiger partial charge is 0.307 e. The highest BCUT2D eigenvalue weighted by molar-refractivity contribution is 7.58. The van der Waals surface area contributed by atoms with E-state index in [-0.39, 0.29) is 25.6 Å². The average Bonchev–Trinajstić information content (AvgIpc) is 2.48. The Bertz CT molecular complexity index is 557. The minimum Gasteiger partial charge on any atom is -0.481 e. The number of carboxylic acid groups (broad SMARTS) is 2. The summed E-state index contributed by atoms with van der Waals surface area (Å²) in [7, 11) is -3.06. The summed E-state index contributed by atoms with van der Waals surface area (Å²) in [5.74, 6) is -3.16. The predicted molar refractivity (Wildman–Crippen MR) is 87.1 cm³/mol. The summed E-state index contributed by atoms with van der Waals surface area (Å²) in [6.07, 6.45) is 1.04. The Morgan fingerprint density at radius 1 is 1.22 bits per heavy atom. The van der Waals surface area contributed by atoms with Crippen LogP contribution in [0.15, 0.2) is 30.3 Å². The number of hydrogen-bond donors (Lipinski definition) is 2. The van der Waals surface area contributed by atoms with Crippen molar-refractivity contribution in [2.45, 2.75) is 25.7 Å². The topological polar surface area (TPSA) is 101 Å². The van der Waals surface area contributed by atoms with Crippen molar-refractivity contribution in [3.8, 4) is 0 Å². The van der Waals surface area contributed by atoms with E-state index in [0.717, 1.165) is 12.0 Å². The molecule has 0 aromatic heterocycles. The number of aliphatic carboxylic acids is 2. The van der Waals surface area contributed by atoms with E-state index < -0.39 is 25.2 Å². The molecule has 0 bridgehead atoms. The van der Waals surface area contributed by atoms with Crippen molar-refractivity contribution >= 4 is 19.3 Å². The van der Waals surface area contributed by atoms with Gasteiger partial charge in [-0.1, -0.05) is 30.3 Å². The van der Waals surface area contributed by atoms with E-state index in [2.05, 4.69) is 0 Å². The molecule has 0 saturated carbocycles. The summed E-state index contributed by atoms with van der Waals surface area (Å²) in [4.78, 5) is 21.7. The molecule has 0 aliphatic rings. The standard InChI is InChI=1S/C16H23O6P/c1-23(21,12-14(16(19)20)9-10-15(17)18)22-11-5-8-13-6-3-2-4-7-13/h2-4,6-7,14H,5,8-12H2,1H3,(H,17,18)(H,19,20). The molecule has 0 heterocycles. The van der Waals surface area contributed by atoms with Crippen LogP contribution in [-0.2, 0) is 25.1 Å². The van der Waals surface area contributed by atoms with Crippen molar-refractivity contribution < 1.29 is 28.9 Å². The third-order valence-corrected chi connectivity index (χ3v) is 5.26. The molecule has 0 aliphatic heterocycles. The first-order chi connectivity index (χ1) is 10.8. The zero-order valence-electron chi connectivity index (χ0n) is 13.2. The van der Waals surface area contributed by atoms with E-state index >= 15 is 0 Å². The molecule has 2 N–H and O–H groups in total. The van der Waals surface area contributed by atoms with E-state index in [9.17, 15) is 14.2 Å². The van der Waals surface area contributed by atoms with E-state index in [1.165, 1.54) is 6.66 Å². The Labute approximate surface area is 135 Å². The van der Waals surface area contributed by atoms with Gasteiger partial charge in [0.05, 0.1) is 12.5 Å². The van der Waals surface area contributed by atoms with Gasteiger partial charge < -0.3 is 14.7 Å². The minimum absolute atomic E-state index is 0.0458. The molecule has 1 rings (SSSR count). The first-order valence-corrected chi connectivity index (χ1v) is 9.75. The van der Waals surface area contributed by atoms with Crippen LogP contribution in [0.1, 0.15) is 24.8 Å². The van der Waals surface area contributed by atoms with Gasteiger partial charge in [0.2, 0.25) is 7.37 Å². The Morgan fingerprint density at radius 3 is 2.43 bits per heavy atom. The molecular weight excluding hydrogens is 319 g/mol. The van der Waals surface area contributed by atoms with Gasteiger partial charge in [-0.05, 0) is 24.8 Å². The Hall–Kier alpha value is -1.65. The largest absolute Gasteiger partial charge is 0.481 e. The van der Waals surface area contributed by atoms with E-state index in [1.54, 1.807) is 0 Å². The first-order valence-electron chi connectivity index (χ1n) is 7.50. The van der Waals surface area contributed by atoms with Gasteiger partial charge in [-0.3, -0.25) is 14.2 Å². The lowest BCUT2D eigenvalue weighted by Gasteiger charge is -2.18. The molecule has 0 radical (unpaired) electrons. The van der Waals surface area contributed by atoms with Crippen LogP contribution in [0.4, 0.5) is 0 Å². The first kappa shape index (κ1) is 19.4. The Kier molecular flexibility index (Phi) is 8.00. The van der Waals surface area contributed by atoms with Crippen molar-refractivity contribution in [1.82, 2.24) is 0 Å². The molecule has 0 aliphatic carbocycles. The normalized spacial score (nSPS) is 14.8. The SMILES string of the molecule is CP(=O)(CC(CCC(=O)O)C(=O)O)OCCCc1ccccc1. The Morgan fingerprint density at radius 2 is 1.87 bits per heavy atom. The monoisotopic (exact) mass is 342 g/mol. The van der Waals surface area contributed by atoms with Crippen LogP contribution < -0.4 is 0 Å². The predicted octanol–water partition coefficient (Wildman–Crippen LogP) is 3.11. The summed E-state index contributed by atoms with van der Waals surface area (Å²) in [6.45, 7) is 1.69. The van der Waals surface area contributed by atoms with E-state index in [0.29, 0.717) is 6.42 Å². The summed E-state index contributed by atoms with van der Waals surface area (Å²) >= 11 is 0. The molecule has 2 unspecified atom stereocenters. The van der Waals surface area contributed by atoms with Gasteiger partial charge in [-0.25, -0.2) is 0 Å². The van der Waals surface area contributed by atoms with Gasteiger partial charge in [0, 0.05) is 19.2 Å². The average molecular weight is 342 g/mol. The molecule has 128 valence electrons. The van der Waals surface area contributed by atoms with Gasteiger partial charge >= 0.3 is 11.9 Å². The van der Waals surface area contributed by atoms with Crippen LogP contribution in [0.5, 0.6) is 0 Å². The van der Waals surface area contributed by atoms with Crippen molar-refractivity contribution in [2.75, 3.05) is 19.4 Å². The zero-order chi connectivity index (χ0) is 17.3. The summed E-state index contributed by atoms with van der Waals surface area (Å²) in [5.41, 5.74) is 1.16. The number of carboxylic acids is 2. The second-order valence-electron chi connectivity index (χ2n) is 5.59. The third kappa shape index (κ3) is 8.53. The molecule has 6 nitrogen and oxygen atoms in total. The maximum absolute atomic E-state index is 12.4. The van der Waals surface area contributed by atoms with Gasteiger partial charge in [-0.15, -0.1) is 0 Å². The van der Waals surface area contributed by atoms with E-state index in [1.807, 2.05) is 30.3 Å². The maximum Gasteiger partial charge on any atom is 0.307 e. The number of benzene rings is 1. The van der Waals surface area contributed by atoms with Crippen LogP contribution in [0.25, 0.3) is 0 Å². The maximum atomic E-state index is 12.4. The summed E-state index contributed by atoms with van der Waals surface area (Å²) < 4.78 is 17.7. The second-order valence-corrected chi connectivity index (χ2v) is 8.24. The molecule has 0 fully saturated rings. The van der Waals surface area contributed by atoms with Crippen molar-refractivity contribution in [3.63, 3.8) is 0 Å². The van der Waals surface area contributed by atoms with E-state index in [4.69, 9.17) is 14.7 Å². The van der Waals surface area contributed by atoms with Crippen LogP contribution in [-0.4, -0.2) is 41.6 Å². The fourth-order valence-corrected chi connectivity index (χ4v) is 3.98. The fourth-order valence-electron chi connectivity index (χ4n) is 2.22. The van der Waals surface area contributed by atoms with Crippen molar-refractivity contribution in [2.24, 2.45) is 5.92 Å². The Balaban J connectivity index is 2.39. The van der Waals surface area contributed by atoms with Crippen LogP contribution in [0.3, 0.4) is 0 Å². The number of rotatable bonds is 11. The number of aryl methyl sites for hydroxylation is 1. The lowest BCUT2D eigenvalue weighted by Crippen LogP contribution is -2.20. The number of carbonyl (C=O) groups is 2. The second kappa shape index (κ2) is 9.48. The molecule has 0 saturated heterocycles. The van der Waals surface area contributed by atoms with Gasteiger partial charge in [0.25, 0.3) is 0 Å². The van der Waals surface area contributed by atoms with Gasteiger partial charge in [0.15, 0.2) is 0 Å². The highest BCUT2D eigenvalue weighted by Crippen LogP contribution is 2.45. The molecule has 7 heteroatoms. The summed E-state index contributed by atoms with van der Waals surface area (Å²) in [5, 5.41) is 17.7. The quantitative estimate of drug-likeness (QED) is 0.473. The van der Waals surface area contributed by atoms with Crippen LogP contribution >= 0.6 is 7.37 Å². The van der Waals surface area contributed by atoms with Crippen molar-refractivity contribution in [1.29, 1.82) is 0 Å². The molecule has 0 amide bonds. The molecule has 23 heavy (non-hydrogen) atoms. The van der Waals surface area contributed by atoms with Crippen molar-refractivity contribution in [3.05, 3.63) is 35.9 Å². The highest BCUT2D eigenvalue weighted by atomic mass is 31.2. The molecular formula is C16H23O6P. The lowest BCUT2D eigenvalue weighted by atomic mass is 10.1. The zero-order valence-corrected chi connectivity index (χ0v) is 14.1. The fraction of sp³-hybridized carbons (Fsp3) is 0.500.